The number of rotatable bonds is 12. The Balaban J connectivity index is -0.000000105. The fourth-order valence-corrected chi connectivity index (χ4v) is 1.30. The zero-order valence-electron chi connectivity index (χ0n) is 22.0. The molecule has 0 N–H and O–H groups in total. The van der Waals surface area contributed by atoms with Crippen LogP contribution in [0.1, 0.15) is 55.4 Å². The van der Waals surface area contributed by atoms with Crippen molar-refractivity contribution in [2.75, 3.05) is 28.4 Å². The summed E-state index contributed by atoms with van der Waals surface area (Å²) in [7, 11) is 5.97. The molecule has 0 aliphatic heterocycles. The standard InChI is InChI=1S/4C5H11O3.Ti/c4*1-4(6)8-5(2)7-3;/h4*4-5H,1-3H3;/q4*-1;+4. The average Bonchev–Trinajstić information content (AvgIpc) is 2.67. The summed E-state index contributed by atoms with van der Waals surface area (Å²) in [6.07, 6.45) is -5.53. The van der Waals surface area contributed by atoms with Crippen molar-refractivity contribution >= 4 is 0 Å². The van der Waals surface area contributed by atoms with Crippen molar-refractivity contribution in [3.63, 3.8) is 0 Å². The number of hydrogen-bond acceptors (Lipinski definition) is 12. The van der Waals surface area contributed by atoms with Crippen molar-refractivity contribution in [3.05, 3.63) is 0 Å². The molecule has 200 valence electrons. The molecular formula is C20H44O12Ti. The topological polar surface area (TPSA) is 166 Å². The third kappa shape index (κ3) is 50.2. The van der Waals surface area contributed by atoms with Crippen LogP contribution >= 0.6 is 0 Å². The van der Waals surface area contributed by atoms with E-state index in [0.29, 0.717) is 0 Å². The molecule has 0 aliphatic rings. The van der Waals surface area contributed by atoms with Crippen molar-refractivity contribution in [1.29, 1.82) is 0 Å². The van der Waals surface area contributed by atoms with Gasteiger partial charge in [0.2, 0.25) is 0 Å². The van der Waals surface area contributed by atoms with Crippen LogP contribution in [-0.2, 0) is 59.6 Å². The summed E-state index contributed by atoms with van der Waals surface area (Å²) in [6, 6.07) is 0. The van der Waals surface area contributed by atoms with Gasteiger partial charge in [-0.3, -0.25) is 0 Å². The Hall–Kier alpha value is 0.234. The van der Waals surface area contributed by atoms with E-state index in [0.717, 1.165) is 0 Å². The predicted molar refractivity (Wildman–Crippen MR) is 108 cm³/mol. The maximum Gasteiger partial charge on any atom is 4.00 e. The van der Waals surface area contributed by atoms with Gasteiger partial charge in [0, 0.05) is 28.4 Å². The monoisotopic (exact) mass is 524 g/mol. The summed E-state index contributed by atoms with van der Waals surface area (Å²) < 4.78 is 37.0. The molecule has 8 atom stereocenters. The van der Waals surface area contributed by atoms with Gasteiger partial charge in [0.05, 0.1) is 0 Å². The molecule has 0 aromatic rings. The summed E-state index contributed by atoms with van der Waals surface area (Å²) in [4.78, 5) is 0. The molecule has 0 amide bonds. The van der Waals surface area contributed by atoms with Crippen molar-refractivity contribution in [1.82, 2.24) is 0 Å². The van der Waals surface area contributed by atoms with Gasteiger partial charge >= 0.3 is 21.7 Å². The fraction of sp³-hybridized carbons (Fsp3) is 1.00. The van der Waals surface area contributed by atoms with E-state index < -0.39 is 25.2 Å². The molecule has 0 heterocycles. The van der Waals surface area contributed by atoms with Crippen molar-refractivity contribution in [2.45, 2.75) is 106 Å². The van der Waals surface area contributed by atoms with E-state index in [1.807, 2.05) is 0 Å². The molecule has 33 heavy (non-hydrogen) atoms. The molecule has 0 rings (SSSR count). The first-order chi connectivity index (χ1) is 14.7. The summed E-state index contributed by atoms with van der Waals surface area (Å²) in [5.74, 6) is 0. The van der Waals surface area contributed by atoms with Crippen molar-refractivity contribution < 1.29 is 80.0 Å². The minimum atomic E-state index is -0.995. The smallest absolute Gasteiger partial charge is 0.831 e. The summed E-state index contributed by atoms with van der Waals surface area (Å²) >= 11 is 0. The van der Waals surface area contributed by atoms with E-state index in [9.17, 15) is 20.4 Å². The second kappa shape index (κ2) is 30.3. The summed E-state index contributed by atoms with van der Waals surface area (Å²) in [5.41, 5.74) is 0. The van der Waals surface area contributed by atoms with Crippen LogP contribution in [-0.4, -0.2) is 78.8 Å². The van der Waals surface area contributed by atoms with Gasteiger partial charge in [-0.2, -0.15) is 0 Å². The molecule has 0 radical (unpaired) electrons. The van der Waals surface area contributed by atoms with Gasteiger partial charge in [-0.1, -0.05) is 27.7 Å². The van der Waals surface area contributed by atoms with E-state index in [4.69, 9.17) is 0 Å². The molecule has 0 aromatic heterocycles. The third-order valence-corrected chi connectivity index (χ3v) is 2.86. The van der Waals surface area contributed by atoms with Crippen LogP contribution in [0.15, 0.2) is 0 Å². The maximum atomic E-state index is 10.2. The Kier molecular flexibility index (Phi) is 39.7. The minimum Gasteiger partial charge on any atom is -0.831 e. The van der Waals surface area contributed by atoms with Gasteiger partial charge in [-0.05, 0) is 52.9 Å². The molecule has 0 spiro atoms. The van der Waals surface area contributed by atoms with E-state index in [-0.39, 0.29) is 46.9 Å². The second-order valence-corrected chi connectivity index (χ2v) is 6.03. The first kappa shape index (κ1) is 43.3. The molecule has 12 nitrogen and oxygen atoms in total. The van der Waals surface area contributed by atoms with Gasteiger partial charge < -0.3 is 58.3 Å². The second-order valence-electron chi connectivity index (χ2n) is 6.03. The van der Waals surface area contributed by atoms with Crippen LogP contribution in [0.3, 0.4) is 0 Å². The van der Waals surface area contributed by atoms with Crippen LogP contribution in [0.25, 0.3) is 0 Å². The van der Waals surface area contributed by atoms with Crippen LogP contribution in [0.2, 0.25) is 0 Å². The zero-order chi connectivity index (χ0) is 26.3. The number of hydrogen-bond donors (Lipinski definition) is 0. The van der Waals surface area contributed by atoms with Crippen LogP contribution in [0.5, 0.6) is 0 Å². The van der Waals surface area contributed by atoms with Gasteiger partial charge in [-0.25, -0.2) is 0 Å². The normalized spacial score (nSPS) is 17.5. The Labute approximate surface area is 214 Å². The average molecular weight is 524 g/mol. The number of ether oxygens (including phenoxy) is 8. The van der Waals surface area contributed by atoms with Crippen LogP contribution < -0.4 is 20.4 Å². The van der Waals surface area contributed by atoms with Gasteiger partial charge in [-0.15, -0.1) is 0 Å². The molecule has 0 saturated heterocycles. The van der Waals surface area contributed by atoms with E-state index in [1.165, 1.54) is 56.1 Å². The molecule has 13 heteroatoms. The van der Waals surface area contributed by atoms with Gasteiger partial charge in [0.25, 0.3) is 0 Å². The molecule has 0 aromatic carbocycles. The zero-order valence-corrected chi connectivity index (χ0v) is 23.6. The number of methoxy groups -OCH3 is 4. The maximum absolute atomic E-state index is 10.2. The summed E-state index contributed by atoms with van der Waals surface area (Å²) in [6.45, 7) is 12.4. The molecule has 0 saturated carbocycles. The first-order valence-corrected chi connectivity index (χ1v) is 10.0. The Morgan fingerprint density at radius 1 is 0.364 bits per heavy atom. The Morgan fingerprint density at radius 2 is 0.485 bits per heavy atom. The SMILES string of the molecule is COC(C)OC(C)[O-].COC(C)OC(C)[O-].COC(C)OC(C)[O-].COC(C)OC(C)[O-].[Ti+4]. The molecular weight excluding hydrogens is 480 g/mol. The quantitative estimate of drug-likeness (QED) is 0.221. The minimum absolute atomic E-state index is 0. The third-order valence-electron chi connectivity index (χ3n) is 2.86. The van der Waals surface area contributed by atoms with Gasteiger partial charge in [0.15, 0.2) is 25.2 Å². The molecule has 0 bridgehead atoms. The van der Waals surface area contributed by atoms with Crippen molar-refractivity contribution in [2.24, 2.45) is 0 Å². The Bertz CT molecular complexity index is 285. The predicted octanol–water partition coefficient (Wildman–Crippen LogP) is -1.20. The molecule has 0 aliphatic carbocycles. The summed E-state index contributed by atoms with van der Waals surface area (Å²) in [5, 5.41) is 40.8. The van der Waals surface area contributed by atoms with Crippen LogP contribution in [0.4, 0.5) is 0 Å². The fourth-order valence-electron chi connectivity index (χ4n) is 1.30. The van der Waals surface area contributed by atoms with E-state index in [2.05, 4.69) is 37.9 Å². The Morgan fingerprint density at radius 3 is 0.515 bits per heavy atom. The van der Waals surface area contributed by atoms with Crippen LogP contribution in [0, 0.1) is 0 Å². The van der Waals surface area contributed by atoms with Crippen molar-refractivity contribution in [3.8, 4) is 0 Å². The molecule has 0 fully saturated rings. The van der Waals surface area contributed by atoms with Gasteiger partial charge in [0.1, 0.15) is 0 Å². The van der Waals surface area contributed by atoms with E-state index in [1.54, 1.807) is 27.7 Å². The largest absolute Gasteiger partial charge is 4.00 e. The molecule has 8 unspecified atom stereocenters. The van der Waals surface area contributed by atoms with E-state index >= 15 is 0 Å². The first-order valence-electron chi connectivity index (χ1n) is 10.0.